The Balaban J connectivity index is 1.46. The minimum Gasteiger partial charge on any atom is -0.357 e. The van der Waals surface area contributed by atoms with Crippen LogP contribution in [0.15, 0.2) is 42.6 Å². The molecule has 29 heavy (non-hydrogen) atoms. The lowest BCUT2D eigenvalue weighted by Gasteiger charge is -2.27. The van der Waals surface area contributed by atoms with Gasteiger partial charge in [0.2, 0.25) is 5.91 Å². The van der Waals surface area contributed by atoms with E-state index in [1.165, 1.54) is 19.3 Å². The molecule has 2 N–H and O–H groups in total. The summed E-state index contributed by atoms with van der Waals surface area (Å²) < 4.78 is 0. The fourth-order valence-electron chi connectivity index (χ4n) is 3.63. The predicted octanol–water partition coefficient (Wildman–Crippen LogP) is 2.38. The molecule has 2 aliphatic rings. The Morgan fingerprint density at radius 2 is 1.86 bits per heavy atom. The summed E-state index contributed by atoms with van der Waals surface area (Å²) in [6.45, 7) is 2.06. The minimum absolute atomic E-state index is 0.0117. The quantitative estimate of drug-likeness (QED) is 0.761. The van der Waals surface area contributed by atoms with Gasteiger partial charge < -0.3 is 15.5 Å². The van der Waals surface area contributed by atoms with Gasteiger partial charge in [-0.25, -0.2) is 9.78 Å². The highest BCUT2D eigenvalue weighted by Crippen LogP contribution is 2.20. The number of carbonyl (C=O) groups is 3. The van der Waals surface area contributed by atoms with Crippen LogP contribution in [0.2, 0.25) is 0 Å². The van der Waals surface area contributed by atoms with Crippen molar-refractivity contribution in [2.75, 3.05) is 29.9 Å². The van der Waals surface area contributed by atoms with Gasteiger partial charge in [-0.05, 0) is 43.0 Å². The van der Waals surface area contributed by atoms with Gasteiger partial charge in [0.05, 0.1) is 25.0 Å². The topological polar surface area (TPSA) is 94.6 Å². The van der Waals surface area contributed by atoms with Gasteiger partial charge >= 0.3 is 6.03 Å². The third-order valence-electron chi connectivity index (χ3n) is 5.21. The molecule has 8 heteroatoms. The molecule has 0 aliphatic carbocycles. The number of rotatable bonds is 5. The van der Waals surface area contributed by atoms with Gasteiger partial charge in [-0.15, -0.1) is 0 Å². The molecule has 150 valence electrons. The molecule has 4 amide bonds. The molecule has 8 nitrogen and oxygen atoms in total. The van der Waals surface area contributed by atoms with Gasteiger partial charge in [-0.1, -0.05) is 18.2 Å². The van der Waals surface area contributed by atoms with Gasteiger partial charge in [0.1, 0.15) is 5.82 Å². The first kappa shape index (κ1) is 18.9. The summed E-state index contributed by atoms with van der Waals surface area (Å²) in [5.41, 5.74) is 1.62. The summed E-state index contributed by atoms with van der Waals surface area (Å²) in [4.78, 5) is 44.3. The first-order valence-electron chi connectivity index (χ1n) is 9.80. The van der Waals surface area contributed by atoms with Crippen molar-refractivity contribution in [1.82, 2.24) is 15.2 Å². The number of carbonyl (C=O) groups excluding carboxylic acids is 3. The van der Waals surface area contributed by atoms with E-state index in [4.69, 9.17) is 0 Å². The molecule has 2 aliphatic heterocycles. The van der Waals surface area contributed by atoms with Crippen LogP contribution in [-0.4, -0.2) is 47.4 Å². The van der Waals surface area contributed by atoms with E-state index in [1.54, 1.807) is 30.5 Å². The van der Waals surface area contributed by atoms with Gasteiger partial charge in [-0.3, -0.25) is 14.5 Å². The molecule has 2 aromatic rings. The standard InChI is InChI=1S/C21H23N5O3/c27-19-13-23-21(29)26(19)14-15-6-2-3-7-17(15)20(28)24-16-8-9-18(22-12-16)25-10-4-1-5-11-25/h2-3,6-9,12H,1,4-5,10-11,13-14H2,(H,23,29)(H,24,28). The number of amides is 4. The Morgan fingerprint density at radius 1 is 1.07 bits per heavy atom. The van der Waals surface area contributed by atoms with E-state index in [1.807, 2.05) is 12.1 Å². The Labute approximate surface area is 168 Å². The first-order valence-corrected chi connectivity index (χ1v) is 9.80. The minimum atomic E-state index is -0.442. The van der Waals surface area contributed by atoms with Crippen molar-refractivity contribution in [3.63, 3.8) is 0 Å². The largest absolute Gasteiger partial charge is 0.357 e. The number of anilines is 2. The SMILES string of the molecule is O=C(Nc1ccc(N2CCCCC2)nc1)c1ccccc1CN1C(=O)CNC1=O. The molecule has 2 fully saturated rings. The lowest BCUT2D eigenvalue weighted by Crippen LogP contribution is -2.31. The lowest BCUT2D eigenvalue weighted by molar-refractivity contribution is -0.125. The summed E-state index contributed by atoms with van der Waals surface area (Å²) in [5, 5.41) is 5.34. The van der Waals surface area contributed by atoms with Crippen LogP contribution in [-0.2, 0) is 11.3 Å². The van der Waals surface area contributed by atoms with Crippen molar-refractivity contribution in [3.8, 4) is 0 Å². The van der Waals surface area contributed by atoms with Crippen LogP contribution in [0, 0.1) is 0 Å². The van der Waals surface area contributed by atoms with E-state index >= 15 is 0 Å². The van der Waals surface area contributed by atoms with Crippen LogP contribution in [0.5, 0.6) is 0 Å². The highest BCUT2D eigenvalue weighted by atomic mass is 16.2. The summed E-state index contributed by atoms with van der Waals surface area (Å²) in [7, 11) is 0. The van der Waals surface area contributed by atoms with Crippen LogP contribution >= 0.6 is 0 Å². The van der Waals surface area contributed by atoms with Crippen LogP contribution in [0.3, 0.4) is 0 Å². The predicted molar refractivity (Wildman–Crippen MR) is 109 cm³/mol. The number of aromatic nitrogens is 1. The monoisotopic (exact) mass is 393 g/mol. The molecule has 3 heterocycles. The zero-order valence-corrected chi connectivity index (χ0v) is 16.1. The van der Waals surface area contributed by atoms with E-state index in [0.29, 0.717) is 16.8 Å². The molecule has 2 saturated heterocycles. The molecule has 1 aromatic carbocycles. The summed E-state index contributed by atoms with van der Waals surface area (Å²) in [5.74, 6) is 0.310. The number of nitrogens with zero attached hydrogens (tertiary/aromatic N) is 3. The van der Waals surface area contributed by atoms with E-state index < -0.39 is 6.03 Å². The summed E-state index contributed by atoms with van der Waals surface area (Å²) in [6.07, 6.45) is 5.26. The second-order valence-corrected chi connectivity index (χ2v) is 7.20. The molecule has 0 radical (unpaired) electrons. The number of imide groups is 1. The summed E-state index contributed by atoms with van der Waals surface area (Å²) >= 11 is 0. The lowest BCUT2D eigenvalue weighted by atomic mass is 10.1. The van der Waals surface area contributed by atoms with E-state index in [-0.39, 0.29) is 24.9 Å². The van der Waals surface area contributed by atoms with Crippen LogP contribution in [0.25, 0.3) is 0 Å². The molecule has 4 rings (SSSR count). The van der Waals surface area contributed by atoms with Crippen molar-refractivity contribution in [2.24, 2.45) is 0 Å². The number of piperidine rings is 1. The number of urea groups is 1. The third kappa shape index (κ3) is 4.21. The average Bonchev–Trinajstić information content (AvgIpc) is 3.07. The molecular formula is C21H23N5O3. The van der Waals surface area contributed by atoms with Gasteiger partial charge in [-0.2, -0.15) is 0 Å². The van der Waals surface area contributed by atoms with Crippen molar-refractivity contribution < 1.29 is 14.4 Å². The second kappa shape index (κ2) is 8.30. The van der Waals surface area contributed by atoms with Crippen LogP contribution in [0.1, 0.15) is 35.2 Å². The van der Waals surface area contributed by atoms with E-state index in [2.05, 4.69) is 20.5 Å². The van der Waals surface area contributed by atoms with Crippen molar-refractivity contribution in [1.29, 1.82) is 0 Å². The first-order chi connectivity index (χ1) is 14.1. The fraction of sp³-hybridized carbons (Fsp3) is 0.333. The normalized spacial score (nSPS) is 16.7. The van der Waals surface area contributed by atoms with Crippen molar-refractivity contribution in [2.45, 2.75) is 25.8 Å². The smallest absolute Gasteiger partial charge is 0.324 e. The van der Waals surface area contributed by atoms with Crippen LogP contribution < -0.4 is 15.5 Å². The molecule has 0 spiro atoms. The number of nitrogens with one attached hydrogen (secondary N) is 2. The number of pyridine rings is 1. The number of hydrogen-bond donors (Lipinski definition) is 2. The summed E-state index contributed by atoms with van der Waals surface area (Å²) in [6, 6.07) is 10.3. The van der Waals surface area contributed by atoms with Gasteiger partial charge in [0.15, 0.2) is 0 Å². The Hall–Kier alpha value is -3.42. The van der Waals surface area contributed by atoms with Gasteiger partial charge in [0.25, 0.3) is 5.91 Å². The molecular weight excluding hydrogens is 370 g/mol. The zero-order chi connectivity index (χ0) is 20.2. The maximum atomic E-state index is 12.8. The maximum absolute atomic E-state index is 12.8. The highest BCUT2D eigenvalue weighted by molar-refractivity contribution is 6.06. The molecule has 0 bridgehead atoms. The number of hydrogen-bond acceptors (Lipinski definition) is 5. The number of benzene rings is 1. The maximum Gasteiger partial charge on any atom is 0.324 e. The van der Waals surface area contributed by atoms with Crippen molar-refractivity contribution >= 4 is 29.4 Å². The Kier molecular flexibility index (Phi) is 5.41. The Morgan fingerprint density at radius 3 is 2.55 bits per heavy atom. The van der Waals surface area contributed by atoms with Crippen LogP contribution in [0.4, 0.5) is 16.3 Å². The third-order valence-corrected chi connectivity index (χ3v) is 5.21. The zero-order valence-electron chi connectivity index (χ0n) is 16.1. The van der Waals surface area contributed by atoms with Gasteiger partial charge in [0, 0.05) is 18.7 Å². The van der Waals surface area contributed by atoms with Crippen molar-refractivity contribution in [3.05, 3.63) is 53.7 Å². The van der Waals surface area contributed by atoms with E-state index in [0.717, 1.165) is 23.8 Å². The highest BCUT2D eigenvalue weighted by Gasteiger charge is 2.29. The molecule has 0 unspecified atom stereocenters. The fourth-order valence-corrected chi connectivity index (χ4v) is 3.63. The van der Waals surface area contributed by atoms with E-state index in [9.17, 15) is 14.4 Å². The second-order valence-electron chi connectivity index (χ2n) is 7.20. The average molecular weight is 393 g/mol. The molecule has 0 atom stereocenters. The molecule has 0 saturated carbocycles. The molecule has 1 aromatic heterocycles. The Bertz CT molecular complexity index is 906.